The molecule has 6 nitrogen and oxygen atoms in total. The first-order chi connectivity index (χ1) is 11.9. The normalized spacial score (nSPS) is 20.1. The molecule has 6 heteroatoms. The fraction of sp³-hybridized carbons (Fsp3) is 0.526. The lowest BCUT2D eigenvalue weighted by atomic mass is 9.81. The predicted octanol–water partition coefficient (Wildman–Crippen LogP) is 2.79. The van der Waals surface area contributed by atoms with Crippen molar-refractivity contribution in [2.45, 2.75) is 46.1 Å². The standard InChI is InChI=1S/C19H26N2O4/c1-12(2)17(22)21-16-8-6-13(7-9-16)11-20-18(23)14-4-3-5-15(10-14)19(24)25/h6-9,12,14-15H,3-5,10-11H2,1-2H3,(H,20,23)(H,21,22)(H,24,25). The second-order valence-corrected chi connectivity index (χ2v) is 6.96. The fourth-order valence-electron chi connectivity index (χ4n) is 2.98. The molecule has 2 amide bonds. The molecule has 1 aliphatic carbocycles. The molecule has 0 aromatic heterocycles. The van der Waals surface area contributed by atoms with Crippen molar-refractivity contribution in [3.63, 3.8) is 0 Å². The Labute approximate surface area is 148 Å². The van der Waals surface area contributed by atoms with Crippen LogP contribution in [-0.4, -0.2) is 22.9 Å². The fourth-order valence-corrected chi connectivity index (χ4v) is 2.98. The van der Waals surface area contributed by atoms with E-state index in [-0.39, 0.29) is 23.7 Å². The molecule has 1 aliphatic rings. The number of hydrogen-bond donors (Lipinski definition) is 3. The summed E-state index contributed by atoms with van der Waals surface area (Å²) in [6.07, 6.45) is 2.60. The number of amides is 2. The zero-order chi connectivity index (χ0) is 18.4. The van der Waals surface area contributed by atoms with Gasteiger partial charge in [0.05, 0.1) is 5.92 Å². The molecule has 0 bridgehead atoms. The van der Waals surface area contributed by atoms with Crippen LogP contribution in [0.4, 0.5) is 5.69 Å². The van der Waals surface area contributed by atoms with Crippen LogP contribution in [0.3, 0.4) is 0 Å². The molecule has 3 N–H and O–H groups in total. The Kier molecular flexibility index (Phi) is 6.56. The predicted molar refractivity (Wildman–Crippen MR) is 94.8 cm³/mol. The van der Waals surface area contributed by atoms with Crippen LogP contribution in [-0.2, 0) is 20.9 Å². The van der Waals surface area contributed by atoms with Crippen LogP contribution in [0.2, 0.25) is 0 Å². The highest BCUT2D eigenvalue weighted by Gasteiger charge is 2.30. The summed E-state index contributed by atoms with van der Waals surface area (Å²) in [5.41, 5.74) is 1.66. The first-order valence-corrected chi connectivity index (χ1v) is 8.77. The molecule has 2 atom stereocenters. The summed E-state index contributed by atoms with van der Waals surface area (Å²) in [5, 5.41) is 14.8. The third kappa shape index (κ3) is 5.59. The highest BCUT2D eigenvalue weighted by atomic mass is 16.4. The maximum atomic E-state index is 12.3. The average molecular weight is 346 g/mol. The molecular formula is C19H26N2O4. The van der Waals surface area contributed by atoms with Gasteiger partial charge in [0.1, 0.15) is 0 Å². The number of anilines is 1. The molecule has 25 heavy (non-hydrogen) atoms. The van der Waals surface area contributed by atoms with Gasteiger partial charge in [0.25, 0.3) is 0 Å². The Balaban J connectivity index is 1.83. The second kappa shape index (κ2) is 8.65. The van der Waals surface area contributed by atoms with E-state index in [1.165, 1.54) is 0 Å². The molecule has 136 valence electrons. The third-order valence-corrected chi connectivity index (χ3v) is 4.61. The zero-order valence-corrected chi connectivity index (χ0v) is 14.7. The van der Waals surface area contributed by atoms with Gasteiger partial charge in [-0.15, -0.1) is 0 Å². The molecule has 1 aromatic rings. The van der Waals surface area contributed by atoms with E-state index in [2.05, 4.69) is 10.6 Å². The van der Waals surface area contributed by atoms with E-state index in [0.717, 1.165) is 24.1 Å². The van der Waals surface area contributed by atoms with Crippen molar-refractivity contribution in [3.05, 3.63) is 29.8 Å². The monoisotopic (exact) mass is 346 g/mol. The number of rotatable bonds is 6. The highest BCUT2D eigenvalue weighted by molar-refractivity contribution is 5.92. The van der Waals surface area contributed by atoms with Crippen LogP contribution in [0.25, 0.3) is 0 Å². The van der Waals surface area contributed by atoms with Gasteiger partial charge in [-0.1, -0.05) is 32.4 Å². The van der Waals surface area contributed by atoms with Crippen LogP contribution < -0.4 is 10.6 Å². The van der Waals surface area contributed by atoms with Crippen LogP contribution in [0, 0.1) is 17.8 Å². The van der Waals surface area contributed by atoms with E-state index in [4.69, 9.17) is 5.11 Å². The Bertz CT molecular complexity index is 625. The van der Waals surface area contributed by atoms with Crippen molar-refractivity contribution in [1.29, 1.82) is 0 Å². The van der Waals surface area contributed by atoms with Gasteiger partial charge in [0.2, 0.25) is 11.8 Å². The quantitative estimate of drug-likeness (QED) is 0.738. The minimum absolute atomic E-state index is 0.0358. The smallest absolute Gasteiger partial charge is 0.306 e. The minimum Gasteiger partial charge on any atom is -0.481 e. The largest absolute Gasteiger partial charge is 0.481 e. The van der Waals surface area contributed by atoms with Crippen LogP contribution >= 0.6 is 0 Å². The van der Waals surface area contributed by atoms with Crippen molar-refractivity contribution in [2.75, 3.05) is 5.32 Å². The minimum atomic E-state index is -0.809. The molecule has 2 unspecified atom stereocenters. The first-order valence-electron chi connectivity index (χ1n) is 8.77. The summed E-state index contributed by atoms with van der Waals surface area (Å²) in [7, 11) is 0. The van der Waals surface area contributed by atoms with Gasteiger partial charge in [0, 0.05) is 24.1 Å². The molecule has 0 radical (unpaired) electrons. The van der Waals surface area contributed by atoms with Gasteiger partial charge in [-0.05, 0) is 37.0 Å². The summed E-state index contributed by atoms with van der Waals surface area (Å²) in [4.78, 5) is 35.0. The number of nitrogens with one attached hydrogen (secondary N) is 2. The van der Waals surface area contributed by atoms with Gasteiger partial charge in [-0.2, -0.15) is 0 Å². The van der Waals surface area contributed by atoms with E-state index in [1.54, 1.807) is 0 Å². The van der Waals surface area contributed by atoms with Crippen LogP contribution in [0.1, 0.15) is 45.1 Å². The lowest BCUT2D eigenvalue weighted by molar-refractivity contribution is -0.144. The van der Waals surface area contributed by atoms with Crippen molar-refractivity contribution in [3.8, 4) is 0 Å². The number of benzene rings is 1. The van der Waals surface area contributed by atoms with E-state index >= 15 is 0 Å². The zero-order valence-electron chi connectivity index (χ0n) is 14.7. The third-order valence-electron chi connectivity index (χ3n) is 4.61. The maximum Gasteiger partial charge on any atom is 0.306 e. The molecular weight excluding hydrogens is 320 g/mol. The molecule has 2 rings (SSSR count). The number of carboxylic acids is 1. The highest BCUT2D eigenvalue weighted by Crippen LogP contribution is 2.29. The van der Waals surface area contributed by atoms with Gasteiger partial charge in [-0.25, -0.2) is 0 Å². The number of hydrogen-bond acceptors (Lipinski definition) is 3. The lowest BCUT2D eigenvalue weighted by Gasteiger charge is -2.25. The Morgan fingerprint density at radius 1 is 1.12 bits per heavy atom. The van der Waals surface area contributed by atoms with E-state index in [0.29, 0.717) is 19.4 Å². The van der Waals surface area contributed by atoms with Crippen molar-refractivity contribution in [1.82, 2.24) is 5.32 Å². The Morgan fingerprint density at radius 3 is 2.36 bits per heavy atom. The molecule has 0 saturated heterocycles. The average Bonchev–Trinajstić information content (AvgIpc) is 2.60. The Morgan fingerprint density at radius 2 is 1.76 bits per heavy atom. The molecule has 1 aromatic carbocycles. The van der Waals surface area contributed by atoms with Crippen LogP contribution in [0.5, 0.6) is 0 Å². The number of carboxylic acid groups (broad SMARTS) is 1. The Hall–Kier alpha value is -2.37. The van der Waals surface area contributed by atoms with Crippen molar-refractivity contribution < 1.29 is 19.5 Å². The number of aliphatic carboxylic acids is 1. The summed E-state index contributed by atoms with van der Waals surface area (Å²) in [6.45, 7) is 4.06. The summed E-state index contributed by atoms with van der Waals surface area (Å²) in [6, 6.07) is 7.33. The molecule has 1 saturated carbocycles. The summed E-state index contributed by atoms with van der Waals surface area (Å²) < 4.78 is 0. The van der Waals surface area contributed by atoms with Gasteiger partial charge >= 0.3 is 5.97 Å². The van der Waals surface area contributed by atoms with E-state index < -0.39 is 11.9 Å². The lowest BCUT2D eigenvalue weighted by Crippen LogP contribution is -2.35. The van der Waals surface area contributed by atoms with Gasteiger partial charge in [-0.3, -0.25) is 14.4 Å². The van der Waals surface area contributed by atoms with Crippen molar-refractivity contribution >= 4 is 23.5 Å². The van der Waals surface area contributed by atoms with E-state index in [9.17, 15) is 14.4 Å². The topological polar surface area (TPSA) is 95.5 Å². The van der Waals surface area contributed by atoms with Crippen molar-refractivity contribution in [2.24, 2.45) is 17.8 Å². The molecule has 0 heterocycles. The van der Waals surface area contributed by atoms with Crippen LogP contribution in [0.15, 0.2) is 24.3 Å². The van der Waals surface area contributed by atoms with Gasteiger partial charge < -0.3 is 15.7 Å². The van der Waals surface area contributed by atoms with E-state index in [1.807, 2.05) is 38.1 Å². The molecule has 0 spiro atoms. The number of carbonyl (C=O) groups is 3. The van der Waals surface area contributed by atoms with Gasteiger partial charge in [0.15, 0.2) is 0 Å². The number of carbonyl (C=O) groups excluding carboxylic acids is 2. The molecule has 0 aliphatic heterocycles. The maximum absolute atomic E-state index is 12.3. The first kappa shape index (κ1) is 19.0. The second-order valence-electron chi connectivity index (χ2n) is 6.96. The molecule has 1 fully saturated rings. The summed E-state index contributed by atoms with van der Waals surface area (Å²) in [5.74, 6) is -1.64. The SMILES string of the molecule is CC(C)C(=O)Nc1ccc(CNC(=O)C2CCCC(C(=O)O)C2)cc1. The summed E-state index contributed by atoms with van der Waals surface area (Å²) >= 11 is 0.